The van der Waals surface area contributed by atoms with Gasteiger partial charge in [-0.15, -0.1) is 0 Å². The first-order chi connectivity index (χ1) is 12.3. The first-order valence-corrected chi connectivity index (χ1v) is 9.36. The summed E-state index contributed by atoms with van der Waals surface area (Å²) in [6.07, 6.45) is 8.06. The zero-order valence-corrected chi connectivity index (χ0v) is 14.8. The van der Waals surface area contributed by atoms with E-state index >= 15 is 0 Å². The van der Waals surface area contributed by atoms with Crippen molar-refractivity contribution in [3.8, 4) is 5.75 Å². The lowest BCUT2D eigenvalue weighted by atomic mass is 9.80. The van der Waals surface area contributed by atoms with Gasteiger partial charge in [0.25, 0.3) is 0 Å². The van der Waals surface area contributed by atoms with Gasteiger partial charge in [-0.3, -0.25) is 4.79 Å². The normalized spacial score (nSPS) is 22.7. The van der Waals surface area contributed by atoms with Gasteiger partial charge in [-0.25, -0.2) is 0 Å². The monoisotopic (exact) mass is 338 g/mol. The predicted molar refractivity (Wildman–Crippen MR) is 97.8 cm³/mol. The lowest BCUT2D eigenvalue weighted by Gasteiger charge is -2.29. The van der Waals surface area contributed by atoms with Crippen molar-refractivity contribution in [1.29, 1.82) is 0 Å². The molecule has 1 aliphatic heterocycles. The van der Waals surface area contributed by atoms with E-state index in [-0.39, 0.29) is 6.04 Å². The molecule has 0 saturated carbocycles. The molecule has 1 saturated heterocycles. The molecule has 2 heterocycles. The second-order valence-electron chi connectivity index (χ2n) is 7.23. The number of rotatable bonds is 4. The number of carbonyl (C=O) groups is 1. The Hall–Kier alpha value is -2.23. The largest absolute Gasteiger partial charge is 0.497 e. The Labute approximate surface area is 149 Å². The molecule has 2 aliphatic rings. The third-order valence-corrected chi connectivity index (χ3v) is 5.76. The van der Waals surface area contributed by atoms with Gasteiger partial charge in [0.05, 0.1) is 13.2 Å². The summed E-state index contributed by atoms with van der Waals surface area (Å²) in [5, 5.41) is 0. The third-order valence-electron chi connectivity index (χ3n) is 5.76. The fourth-order valence-corrected chi connectivity index (χ4v) is 4.50. The van der Waals surface area contributed by atoms with Crippen LogP contribution in [0.1, 0.15) is 60.9 Å². The van der Waals surface area contributed by atoms with E-state index in [1.165, 1.54) is 16.8 Å². The van der Waals surface area contributed by atoms with Crippen LogP contribution in [-0.4, -0.2) is 29.4 Å². The van der Waals surface area contributed by atoms with Gasteiger partial charge in [-0.2, -0.15) is 0 Å². The van der Waals surface area contributed by atoms with E-state index < -0.39 is 0 Å². The summed E-state index contributed by atoms with van der Waals surface area (Å²) in [4.78, 5) is 18.4. The fraction of sp³-hybridized carbons (Fsp3) is 0.476. The molecule has 1 aliphatic carbocycles. The molecule has 132 valence electrons. The standard InChI is InChI=1S/C21H26N2O2/c1-25-17-9-10-18-15(13-17)5-2-6-16(18)14-21(24)23-12-4-8-20(23)19-7-3-11-22-19/h3,7,9-11,13,16,20,22H,2,4-6,8,12,14H2,1H3/t16-,20+/m0/s1. The van der Waals surface area contributed by atoms with Crippen LogP contribution in [0.2, 0.25) is 0 Å². The SMILES string of the molecule is COc1ccc2c(c1)CCC[C@H]2CC(=O)N1CCC[C@@H]1c1ccc[nH]1. The molecule has 1 aromatic heterocycles. The summed E-state index contributed by atoms with van der Waals surface area (Å²) in [7, 11) is 1.71. The van der Waals surface area contributed by atoms with Gasteiger partial charge in [0, 0.05) is 24.9 Å². The summed E-state index contributed by atoms with van der Waals surface area (Å²) in [5.74, 6) is 1.55. The van der Waals surface area contributed by atoms with E-state index in [9.17, 15) is 4.79 Å². The number of hydrogen-bond acceptors (Lipinski definition) is 2. The van der Waals surface area contributed by atoms with Gasteiger partial charge < -0.3 is 14.6 Å². The number of ether oxygens (including phenoxy) is 1. The Bertz CT molecular complexity index is 738. The highest BCUT2D eigenvalue weighted by Crippen LogP contribution is 2.38. The number of likely N-dealkylation sites (tertiary alicyclic amines) is 1. The topological polar surface area (TPSA) is 45.3 Å². The van der Waals surface area contributed by atoms with Crippen LogP contribution in [0.3, 0.4) is 0 Å². The number of benzene rings is 1. The van der Waals surface area contributed by atoms with Crippen molar-refractivity contribution >= 4 is 5.91 Å². The first kappa shape index (κ1) is 16.2. The molecule has 1 amide bonds. The van der Waals surface area contributed by atoms with Crippen LogP contribution in [0.15, 0.2) is 36.5 Å². The molecule has 2 atom stereocenters. The number of amides is 1. The number of H-pyrrole nitrogens is 1. The molecule has 0 unspecified atom stereocenters. The summed E-state index contributed by atoms with van der Waals surface area (Å²) in [6, 6.07) is 10.7. The molecule has 25 heavy (non-hydrogen) atoms. The molecule has 4 rings (SSSR count). The van der Waals surface area contributed by atoms with Crippen LogP contribution in [0, 0.1) is 0 Å². The van der Waals surface area contributed by atoms with E-state index in [0.717, 1.165) is 44.4 Å². The summed E-state index contributed by atoms with van der Waals surface area (Å²) >= 11 is 0. The molecule has 0 bridgehead atoms. The number of hydrogen-bond donors (Lipinski definition) is 1. The number of nitrogens with zero attached hydrogens (tertiary/aromatic N) is 1. The first-order valence-electron chi connectivity index (χ1n) is 9.36. The number of methoxy groups -OCH3 is 1. The maximum atomic E-state index is 13.0. The minimum absolute atomic E-state index is 0.224. The van der Waals surface area contributed by atoms with Crippen LogP contribution >= 0.6 is 0 Å². The molecular weight excluding hydrogens is 312 g/mol. The number of nitrogens with one attached hydrogen (secondary N) is 1. The lowest BCUT2D eigenvalue weighted by Crippen LogP contribution is -2.32. The fourth-order valence-electron chi connectivity index (χ4n) is 4.50. The second kappa shape index (κ2) is 6.95. The van der Waals surface area contributed by atoms with Gasteiger partial charge in [-0.05, 0) is 73.4 Å². The molecule has 2 aromatic rings. The van der Waals surface area contributed by atoms with Gasteiger partial charge in [0.15, 0.2) is 0 Å². The number of aromatic nitrogens is 1. The van der Waals surface area contributed by atoms with Crippen molar-refractivity contribution in [2.75, 3.05) is 13.7 Å². The third kappa shape index (κ3) is 3.17. The van der Waals surface area contributed by atoms with Crippen LogP contribution < -0.4 is 4.74 Å². The van der Waals surface area contributed by atoms with Crippen LogP contribution in [0.4, 0.5) is 0 Å². The number of aromatic amines is 1. The van der Waals surface area contributed by atoms with Crippen LogP contribution in [0.25, 0.3) is 0 Å². The zero-order valence-electron chi connectivity index (χ0n) is 14.8. The van der Waals surface area contributed by atoms with E-state index in [1.54, 1.807) is 7.11 Å². The van der Waals surface area contributed by atoms with Gasteiger partial charge in [-0.1, -0.05) is 6.07 Å². The molecule has 4 heteroatoms. The Balaban J connectivity index is 1.50. The second-order valence-corrected chi connectivity index (χ2v) is 7.23. The molecule has 0 radical (unpaired) electrons. The van der Waals surface area contributed by atoms with E-state index in [4.69, 9.17) is 4.74 Å². The Morgan fingerprint density at radius 1 is 1.28 bits per heavy atom. The minimum atomic E-state index is 0.224. The molecule has 1 aromatic carbocycles. The Morgan fingerprint density at radius 2 is 2.20 bits per heavy atom. The van der Waals surface area contributed by atoms with Gasteiger partial charge >= 0.3 is 0 Å². The van der Waals surface area contributed by atoms with Crippen molar-refractivity contribution < 1.29 is 9.53 Å². The molecular formula is C21H26N2O2. The van der Waals surface area contributed by atoms with E-state index in [1.807, 2.05) is 18.3 Å². The Kier molecular flexibility index (Phi) is 4.51. The summed E-state index contributed by atoms with van der Waals surface area (Å²) < 4.78 is 5.35. The predicted octanol–water partition coefficient (Wildman–Crippen LogP) is 4.20. The number of aryl methyl sites for hydroxylation is 1. The molecule has 1 fully saturated rings. The van der Waals surface area contributed by atoms with Gasteiger partial charge in [0.1, 0.15) is 5.75 Å². The van der Waals surface area contributed by atoms with Crippen molar-refractivity contribution in [2.24, 2.45) is 0 Å². The molecule has 4 nitrogen and oxygen atoms in total. The van der Waals surface area contributed by atoms with Crippen molar-refractivity contribution in [3.05, 3.63) is 53.3 Å². The Morgan fingerprint density at radius 3 is 3.00 bits per heavy atom. The van der Waals surface area contributed by atoms with Gasteiger partial charge in [0.2, 0.25) is 5.91 Å². The van der Waals surface area contributed by atoms with E-state index in [0.29, 0.717) is 18.2 Å². The maximum absolute atomic E-state index is 13.0. The van der Waals surface area contributed by atoms with Crippen molar-refractivity contribution in [3.63, 3.8) is 0 Å². The minimum Gasteiger partial charge on any atom is -0.497 e. The average molecular weight is 338 g/mol. The average Bonchev–Trinajstić information content (AvgIpc) is 3.32. The van der Waals surface area contributed by atoms with Crippen LogP contribution in [-0.2, 0) is 11.2 Å². The summed E-state index contributed by atoms with van der Waals surface area (Å²) in [6.45, 7) is 0.880. The number of carbonyl (C=O) groups excluding carboxylic acids is 1. The maximum Gasteiger partial charge on any atom is 0.223 e. The highest BCUT2D eigenvalue weighted by molar-refractivity contribution is 5.78. The highest BCUT2D eigenvalue weighted by Gasteiger charge is 2.32. The molecule has 1 N–H and O–H groups in total. The highest BCUT2D eigenvalue weighted by atomic mass is 16.5. The number of fused-ring (bicyclic) bond motifs is 1. The lowest BCUT2D eigenvalue weighted by molar-refractivity contribution is -0.132. The zero-order chi connectivity index (χ0) is 17.2. The van der Waals surface area contributed by atoms with Crippen molar-refractivity contribution in [1.82, 2.24) is 9.88 Å². The quantitative estimate of drug-likeness (QED) is 0.908. The van der Waals surface area contributed by atoms with Crippen LogP contribution in [0.5, 0.6) is 5.75 Å². The summed E-state index contributed by atoms with van der Waals surface area (Å²) in [5.41, 5.74) is 3.86. The van der Waals surface area contributed by atoms with Crippen molar-refractivity contribution in [2.45, 2.75) is 50.5 Å². The smallest absolute Gasteiger partial charge is 0.223 e. The van der Waals surface area contributed by atoms with E-state index in [2.05, 4.69) is 28.1 Å². The molecule has 0 spiro atoms.